The van der Waals surface area contributed by atoms with E-state index in [0.29, 0.717) is 18.1 Å². The lowest BCUT2D eigenvalue weighted by molar-refractivity contribution is 0.311. The first-order chi connectivity index (χ1) is 9.41. The van der Waals surface area contributed by atoms with E-state index in [9.17, 15) is 8.42 Å². The standard InChI is InChI=1S/C14H23NO4S/c1-5-19-14-9-12(7-8-13(14)18-4)15-11(3)10-20(16,17)6-2/h7-9,11,15H,5-6,10H2,1-4H3. The van der Waals surface area contributed by atoms with Crippen LogP contribution in [0.1, 0.15) is 20.8 Å². The van der Waals surface area contributed by atoms with Crippen LogP contribution in [0.15, 0.2) is 18.2 Å². The molecule has 1 rings (SSSR count). The smallest absolute Gasteiger partial charge is 0.163 e. The normalized spacial score (nSPS) is 12.8. The number of sulfone groups is 1. The SMILES string of the molecule is CCOc1cc(NC(C)CS(=O)(=O)CC)ccc1OC. The van der Waals surface area contributed by atoms with E-state index in [1.54, 1.807) is 20.1 Å². The van der Waals surface area contributed by atoms with E-state index in [4.69, 9.17) is 9.47 Å². The Morgan fingerprint density at radius 2 is 1.95 bits per heavy atom. The fourth-order valence-electron chi connectivity index (χ4n) is 1.86. The number of anilines is 1. The number of rotatable bonds is 8. The Bertz CT molecular complexity index is 528. The zero-order valence-electron chi connectivity index (χ0n) is 12.5. The van der Waals surface area contributed by atoms with Crippen molar-refractivity contribution in [2.24, 2.45) is 0 Å². The monoisotopic (exact) mass is 301 g/mol. The van der Waals surface area contributed by atoms with Gasteiger partial charge in [-0.1, -0.05) is 6.92 Å². The molecule has 0 fully saturated rings. The summed E-state index contributed by atoms with van der Waals surface area (Å²) in [4.78, 5) is 0. The minimum atomic E-state index is -2.99. The van der Waals surface area contributed by atoms with E-state index < -0.39 is 9.84 Å². The second kappa shape index (κ2) is 7.38. The van der Waals surface area contributed by atoms with Crippen molar-refractivity contribution in [3.63, 3.8) is 0 Å². The number of hydrogen-bond acceptors (Lipinski definition) is 5. The van der Waals surface area contributed by atoms with Gasteiger partial charge in [0, 0.05) is 23.5 Å². The second-order valence-corrected chi connectivity index (χ2v) is 6.94. The highest BCUT2D eigenvalue weighted by Gasteiger charge is 2.14. The molecule has 0 radical (unpaired) electrons. The van der Waals surface area contributed by atoms with Gasteiger partial charge in [0.1, 0.15) is 0 Å². The zero-order chi connectivity index (χ0) is 15.2. The molecule has 0 spiro atoms. The molecular weight excluding hydrogens is 278 g/mol. The van der Waals surface area contributed by atoms with Crippen LogP contribution in [0, 0.1) is 0 Å². The van der Waals surface area contributed by atoms with Gasteiger partial charge in [-0.3, -0.25) is 0 Å². The van der Waals surface area contributed by atoms with Crippen molar-refractivity contribution in [2.45, 2.75) is 26.8 Å². The highest BCUT2D eigenvalue weighted by Crippen LogP contribution is 2.30. The molecule has 0 aliphatic heterocycles. The van der Waals surface area contributed by atoms with Gasteiger partial charge in [0.15, 0.2) is 21.3 Å². The summed E-state index contributed by atoms with van der Waals surface area (Å²) < 4.78 is 33.9. The maximum atomic E-state index is 11.6. The Morgan fingerprint density at radius 1 is 1.25 bits per heavy atom. The third-order valence-corrected chi connectivity index (χ3v) is 4.71. The van der Waals surface area contributed by atoms with Crippen LogP contribution in [0.4, 0.5) is 5.69 Å². The number of methoxy groups -OCH3 is 1. The molecule has 0 heterocycles. The summed E-state index contributed by atoms with van der Waals surface area (Å²) in [5.41, 5.74) is 0.813. The fourth-order valence-corrected chi connectivity index (χ4v) is 2.94. The Morgan fingerprint density at radius 3 is 2.50 bits per heavy atom. The Kier molecular flexibility index (Phi) is 6.13. The van der Waals surface area contributed by atoms with E-state index in [0.717, 1.165) is 5.69 Å². The Balaban J connectivity index is 2.80. The summed E-state index contributed by atoms with van der Waals surface area (Å²) in [6.07, 6.45) is 0. The van der Waals surface area contributed by atoms with Gasteiger partial charge in [0.05, 0.1) is 19.5 Å². The first-order valence-corrected chi connectivity index (χ1v) is 8.51. The zero-order valence-corrected chi connectivity index (χ0v) is 13.3. The van der Waals surface area contributed by atoms with Crippen molar-refractivity contribution in [2.75, 3.05) is 30.5 Å². The summed E-state index contributed by atoms with van der Waals surface area (Å²) in [7, 11) is -1.41. The molecule has 20 heavy (non-hydrogen) atoms. The van der Waals surface area contributed by atoms with Gasteiger partial charge in [-0.05, 0) is 26.0 Å². The van der Waals surface area contributed by atoms with Gasteiger partial charge >= 0.3 is 0 Å². The fraction of sp³-hybridized carbons (Fsp3) is 0.571. The van der Waals surface area contributed by atoms with Crippen molar-refractivity contribution in [1.29, 1.82) is 0 Å². The molecule has 1 unspecified atom stereocenters. The van der Waals surface area contributed by atoms with Crippen LogP contribution < -0.4 is 14.8 Å². The van der Waals surface area contributed by atoms with Crippen LogP contribution in [0.3, 0.4) is 0 Å². The molecule has 1 N–H and O–H groups in total. The molecule has 5 nitrogen and oxygen atoms in total. The van der Waals surface area contributed by atoms with Crippen molar-refractivity contribution >= 4 is 15.5 Å². The van der Waals surface area contributed by atoms with Crippen LogP contribution in [0.2, 0.25) is 0 Å². The van der Waals surface area contributed by atoms with E-state index in [-0.39, 0.29) is 17.5 Å². The Hall–Kier alpha value is -1.43. The number of ether oxygens (including phenoxy) is 2. The summed E-state index contributed by atoms with van der Waals surface area (Å²) in [5, 5.41) is 3.17. The molecule has 0 bridgehead atoms. The molecule has 0 aliphatic rings. The molecule has 0 aliphatic carbocycles. The summed E-state index contributed by atoms with van der Waals surface area (Å²) in [5.74, 6) is 1.57. The predicted octanol–water partition coefficient (Wildman–Crippen LogP) is 2.33. The predicted molar refractivity (Wildman–Crippen MR) is 81.6 cm³/mol. The molecule has 114 valence electrons. The van der Waals surface area contributed by atoms with Crippen LogP contribution in [-0.2, 0) is 9.84 Å². The third kappa shape index (κ3) is 4.92. The van der Waals surface area contributed by atoms with Crippen LogP contribution in [0.5, 0.6) is 11.5 Å². The van der Waals surface area contributed by atoms with Crippen LogP contribution >= 0.6 is 0 Å². The van der Waals surface area contributed by atoms with Gasteiger partial charge in [0.25, 0.3) is 0 Å². The molecule has 1 aromatic rings. The molecule has 6 heteroatoms. The number of nitrogens with one attached hydrogen (secondary N) is 1. The van der Waals surface area contributed by atoms with Crippen molar-refractivity contribution in [1.82, 2.24) is 0 Å². The molecule has 0 amide bonds. The maximum absolute atomic E-state index is 11.6. The van der Waals surface area contributed by atoms with Gasteiger partial charge in [-0.2, -0.15) is 0 Å². The molecule has 0 aromatic heterocycles. The van der Waals surface area contributed by atoms with Crippen LogP contribution in [0.25, 0.3) is 0 Å². The minimum absolute atomic E-state index is 0.111. The maximum Gasteiger partial charge on any atom is 0.163 e. The highest BCUT2D eigenvalue weighted by molar-refractivity contribution is 7.91. The van der Waals surface area contributed by atoms with E-state index in [2.05, 4.69) is 5.32 Å². The lowest BCUT2D eigenvalue weighted by Gasteiger charge is -2.17. The lowest BCUT2D eigenvalue weighted by Crippen LogP contribution is -2.26. The van der Waals surface area contributed by atoms with Crippen molar-refractivity contribution in [3.05, 3.63) is 18.2 Å². The van der Waals surface area contributed by atoms with Gasteiger partial charge in [-0.25, -0.2) is 8.42 Å². The topological polar surface area (TPSA) is 64.6 Å². The summed E-state index contributed by atoms with van der Waals surface area (Å²) >= 11 is 0. The lowest BCUT2D eigenvalue weighted by atomic mass is 10.2. The summed E-state index contributed by atoms with van der Waals surface area (Å²) in [6, 6.07) is 5.30. The van der Waals surface area contributed by atoms with Gasteiger partial charge in [0.2, 0.25) is 0 Å². The molecule has 0 saturated carbocycles. The molecule has 0 saturated heterocycles. The van der Waals surface area contributed by atoms with Gasteiger partial charge in [-0.15, -0.1) is 0 Å². The average Bonchev–Trinajstić information content (AvgIpc) is 2.39. The van der Waals surface area contributed by atoms with E-state index in [1.165, 1.54) is 0 Å². The van der Waals surface area contributed by atoms with E-state index >= 15 is 0 Å². The quantitative estimate of drug-likeness (QED) is 0.798. The highest BCUT2D eigenvalue weighted by atomic mass is 32.2. The molecular formula is C14H23NO4S. The van der Waals surface area contributed by atoms with Crippen molar-refractivity contribution < 1.29 is 17.9 Å². The van der Waals surface area contributed by atoms with E-state index in [1.807, 2.05) is 26.0 Å². The average molecular weight is 301 g/mol. The van der Waals surface area contributed by atoms with Crippen LogP contribution in [-0.4, -0.2) is 39.7 Å². The second-order valence-electron chi connectivity index (χ2n) is 4.54. The Labute approximate surface area is 121 Å². The van der Waals surface area contributed by atoms with Gasteiger partial charge < -0.3 is 14.8 Å². The first kappa shape index (κ1) is 16.6. The largest absolute Gasteiger partial charge is 0.493 e. The molecule has 1 aromatic carbocycles. The van der Waals surface area contributed by atoms with Crippen molar-refractivity contribution in [3.8, 4) is 11.5 Å². The number of benzene rings is 1. The first-order valence-electron chi connectivity index (χ1n) is 6.69. The third-order valence-electron chi connectivity index (χ3n) is 2.82. The number of hydrogen-bond donors (Lipinski definition) is 1. The minimum Gasteiger partial charge on any atom is -0.493 e. The molecule has 1 atom stereocenters. The summed E-state index contributed by atoms with van der Waals surface area (Å²) in [6.45, 7) is 5.94.